The second kappa shape index (κ2) is 6.97. The normalized spacial score (nSPS) is 12.4. The Labute approximate surface area is 159 Å². The van der Waals surface area contributed by atoms with Crippen molar-refractivity contribution < 1.29 is 10.2 Å². The summed E-state index contributed by atoms with van der Waals surface area (Å²) in [6.45, 7) is 5.30. The number of aromatic nitrogens is 1. The highest BCUT2D eigenvalue weighted by molar-refractivity contribution is 6.13. The van der Waals surface area contributed by atoms with Gasteiger partial charge in [0.2, 0.25) is 0 Å². The van der Waals surface area contributed by atoms with Crippen LogP contribution in [0.25, 0.3) is 32.6 Å². The third kappa shape index (κ3) is 3.00. The lowest BCUT2D eigenvalue weighted by Gasteiger charge is -2.26. The lowest BCUT2D eigenvalue weighted by Crippen LogP contribution is -2.48. The van der Waals surface area contributed by atoms with Gasteiger partial charge in [-0.05, 0) is 48.4 Å². The monoisotopic (exact) mass is 362 g/mol. The molecule has 140 valence electrons. The molecule has 0 radical (unpaired) electrons. The van der Waals surface area contributed by atoms with Crippen molar-refractivity contribution in [2.24, 2.45) is 0 Å². The van der Waals surface area contributed by atoms with Crippen molar-refractivity contribution >= 4 is 32.6 Å². The Balaban J connectivity index is 1.89. The summed E-state index contributed by atoms with van der Waals surface area (Å²) in [6.07, 6.45) is 0. The third-order valence-electron chi connectivity index (χ3n) is 5.58. The molecule has 0 amide bonds. The zero-order chi connectivity index (χ0) is 19.0. The minimum absolute atomic E-state index is 0.109. The maximum atomic E-state index is 9.54. The van der Waals surface area contributed by atoms with Gasteiger partial charge in [-0.15, -0.1) is 0 Å². The average molecular weight is 362 g/mol. The number of benzene rings is 3. The number of nitrogens with zero attached hydrogens (tertiary/aromatic N) is 1. The molecule has 4 nitrogen and oxygen atoms in total. The fourth-order valence-corrected chi connectivity index (χ4v) is 3.85. The molecule has 0 bridgehead atoms. The first-order chi connectivity index (χ1) is 13.1. The van der Waals surface area contributed by atoms with E-state index in [1.54, 1.807) is 0 Å². The number of aliphatic hydroxyl groups excluding tert-OH is 2. The van der Waals surface area contributed by atoms with Crippen LogP contribution >= 0.6 is 0 Å². The Hall–Kier alpha value is -2.40. The second-order valence-corrected chi connectivity index (χ2v) is 7.50. The van der Waals surface area contributed by atoms with E-state index in [2.05, 4.69) is 71.4 Å². The van der Waals surface area contributed by atoms with E-state index >= 15 is 0 Å². The zero-order valence-electron chi connectivity index (χ0n) is 15.9. The highest BCUT2D eigenvalue weighted by Crippen LogP contribution is 2.33. The smallest absolute Gasteiger partial charge is 0.0633 e. The fourth-order valence-electron chi connectivity index (χ4n) is 3.85. The molecule has 27 heavy (non-hydrogen) atoms. The van der Waals surface area contributed by atoms with Crippen molar-refractivity contribution in [3.63, 3.8) is 0 Å². The Morgan fingerprint density at radius 3 is 2.41 bits per heavy atom. The van der Waals surface area contributed by atoms with Crippen LogP contribution in [0.1, 0.15) is 19.4 Å². The molecular formula is C23H26N2O2. The summed E-state index contributed by atoms with van der Waals surface area (Å²) < 4.78 is 2.36. The Morgan fingerprint density at radius 1 is 0.889 bits per heavy atom. The lowest BCUT2D eigenvalue weighted by molar-refractivity contribution is 0.103. The molecule has 1 aromatic heterocycles. The molecule has 0 atom stereocenters. The standard InChI is InChI=1S/C23H26N2O2/c1-3-25-21-10-5-4-9-18(21)20-11-16-7-6-8-17(19(16)12-22(20)25)13-24-23(2,14-26)15-27/h4-12,24,26-27H,3,13-15H2,1-2H3. The molecule has 0 fully saturated rings. The van der Waals surface area contributed by atoms with E-state index in [0.29, 0.717) is 6.54 Å². The summed E-state index contributed by atoms with van der Waals surface area (Å²) in [5, 5.41) is 27.4. The number of aryl methyl sites for hydroxylation is 1. The van der Waals surface area contributed by atoms with E-state index in [1.807, 2.05) is 6.92 Å². The number of nitrogens with one attached hydrogen (secondary N) is 1. The van der Waals surface area contributed by atoms with Crippen molar-refractivity contribution in [1.82, 2.24) is 9.88 Å². The number of rotatable bonds is 6. The van der Waals surface area contributed by atoms with E-state index in [9.17, 15) is 10.2 Å². The predicted octanol–water partition coefficient (Wildman–Crippen LogP) is 3.80. The maximum absolute atomic E-state index is 9.54. The van der Waals surface area contributed by atoms with Crippen molar-refractivity contribution in [3.8, 4) is 0 Å². The van der Waals surface area contributed by atoms with E-state index in [4.69, 9.17) is 0 Å². The van der Waals surface area contributed by atoms with E-state index < -0.39 is 5.54 Å². The van der Waals surface area contributed by atoms with Crippen molar-refractivity contribution in [2.75, 3.05) is 13.2 Å². The Morgan fingerprint density at radius 2 is 1.67 bits per heavy atom. The Kier molecular flexibility index (Phi) is 4.64. The van der Waals surface area contributed by atoms with Gasteiger partial charge in [-0.3, -0.25) is 0 Å². The largest absolute Gasteiger partial charge is 0.394 e. The van der Waals surface area contributed by atoms with Crippen LogP contribution in [-0.2, 0) is 13.1 Å². The van der Waals surface area contributed by atoms with Gasteiger partial charge in [0, 0.05) is 34.9 Å². The first kappa shape index (κ1) is 18.0. The molecule has 0 saturated heterocycles. The van der Waals surface area contributed by atoms with Crippen molar-refractivity contribution in [2.45, 2.75) is 32.5 Å². The topological polar surface area (TPSA) is 57.4 Å². The predicted molar refractivity (Wildman–Crippen MR) is 112 cm³/mol. The molecule has 4 aromatic rings. The van der Waals surface area contributed by atoms with Gasteiger partial charge in [0.15, 0.2) is 0 Å². The molecule has 0 unspecified atom stereocenters. The highest BCUT2D eigenvalue weighted by atomic mass is 16.3. The molecule has 0 aliphatic heterocycles. The summed E-state index contributed by atoms with van der Waals surface area (Å²) in [5.74, 6) is 0. The van der Waals surface area contributed by atoms with Crippen LogP contribution in [-0.4, -0.2) is 33.5 Å². The number of hydrogen-bond acceptors (Lipinski definition) is 3. The number of hydrogen-bond donors (Lipinski definition) is 3. The molecule has 3 N–H and O–H groups in total. The summed E-state index contributed by atoms with van der Waals surface area (Å²) >= 11 is 0. The maximum Gasteiger partial charge on any atom is 0.0633 e. The summed E-state index contributed by atoms with van der Waals surface area (Å²) in [7, 11) is 0. The van der Waals surface area contributed by atoms with E-state index in [1.165, 1.54) is 32.6 Å². The van der Waals surface area contributed by atoms with Gasteiger partial charge in [0.1, 0.15) is 0 Å². The number of aliphatic hydroxyl groups is 2. The molecule has 3 aromatic carbocycles. The van der Waals surface area contributed by atoms with Gasteiger partial charge < -0.3 is 20.1 Å². The first-order valence-electron chi connectivity index (χ1n) is 9.49. The van der Waals surface area contributed by atoms with Crippen molar-refractivity contribution in [3.05, 3.63) is 60.2 Å². The lowest BCUT2D eigenvalue weighted by atomic mass is 10.00. The molecule has 0 spiro atoms. The summed E-state index contributed by atoms with van der Waals surface area (Å²) in [4.78, 5) is 0. The van der Waals surface area contributed by atoms with Gasteiger partial charge in [-0.1, -0.05) is 36.4 Å². The van der Waals surface area contributed by atoms with Crippen LogP contribution in [0.3, 0.4) is 0 Å². The SMILES string of the molecule is CCn1c2ccccc2c2cc3cccc(CNC(C)(CO)CO)c3cc21. The number of para-hydroxylation sites is 1. The van der Waals surface area contributed by atoms with Gasteiger partial charge in [0.25, 0.3) is 0 Å². The van der Waals surface area contributed by atoms with Crippen LogP contribution in [0.2, 0.25) is 0 Å². The number of fused-ring (bicyclic) bond motifs is 4. The molecule has 1 heterocycles. The van der Waals surface area contributed by atoms with E-state index in [0.717, 1.165) is 12.1 Å². The minimum atomic E-state index is -0.690. The first-order valence-corrected chi connectivity index (χ1v) is 9.49. The quantitative estimate of drug-likeness (QED) is 0.489. The summed E-state index contributed by atoms with van der Waals surface area (Å²) in [5.41, 5.74) is 2.98. The van der Waals surface area contributed by atoms with Gasteiger partial charge in [-0.25, -0.2) is 0 Å². The summed E-state index contributed by atoms with van der Waals surface area (Å²) in [6, 6.07) is 19.4. The molecule has 0 aliphatic rings. The van der Waals surface area contributed by atoms with Crippen LogP contribution < -0.4 is 5.32 Å². The molecule has 0 saturated carbocycles. The molecular weight excluding hydrogens is 336 g/mol. The molecule has 4 rings (SSSR count). The van der Waals surface area contributed by atoms with Gasteiger partial charge in [0.05, 0.1) is 18.8 Å². The third-order valence-corrected chi connectivity index (χ3v) is 5.58. The second-order valence-electron chi connectivity index (χ2n) is 7.50. The zero-order valence-corrected chi connectivity index (χ0v) is 15.9. The molecule has 4 heteroatoms. The van der Waals surface area contributed by atoms with Crippen LogP contribution in [0.5, 0.6) is 0 Å². The molecule has 0 aliphatic carbocycles. The van der Waals surface area contributed by atoms with Gasteiger partial charge in [-0.2, -0.15) is 0 Å². The van der Waals surface area contributed by atoms with Gasteiger partial charge >= 0.3 is 0 Å². The van der Waals surface area contributed by atoms with Crippen LogP contribution in [0.4, 0.5) is 0 Å². The van der Waals surface area contributed by atoms with Crippen LogP contribution in [0.15, 0.2) is 54.6 Å². The average Bonchev–Trinajstić information content (AvgIpc) is 3.03. The van der Waals surface area contributed by atoms with Crippen LogP contribution in [0, 0.1) is 0 Å². The minimum Gasteiger partial charge on any atom is -0.394 e. The highest BCUT2D eigenvalue weighted by Gasteiger charge is 2.21. The van der Waals surface area contributed by atoms with E-state index in [-0.39, 0.29) is 13.2 Å². The fraction of sp³-hybridized carbons (Fsp3) is 0.304. The Bertz CT molecular complexity index is 1110. The van der Waals surface area contributed by atoms with Crippen molar-refractivity contribution in [1.29, 1.82) is 0 Å².